The standard InChI is InChI=1S/C17H28N.H2O/c1-4-13-18(14-5-2,15-6-3)16-12-17-10-8-7-9-11-17;/h4,7-11H,1,5-6,12-16H2,2-3H3;1H2/q+1;/p-1. The molecule has 0 unspecified atom stereocenters. The topological polar surface area (TPSA) is 30.0 Å². The lowest BCUT2D eigenvalue weighted by Gasteiger charge is -2.38. The fraction of sp³-hybridized carbons (Fsp3) is 0.529. The first-order valence-electron chi connectivity index (χ1n) is 7.26. The molecule has 19 heavy (non-hydrogen) atoms. The van der Waals surface area contributed by atoms with Crippen molar-refractivity contribution in [3.05, 3.63) is 48.6 Å². The molecule has 0 aliphatic rings. The Bertz CT molecular complexity index is 328. The summed E-state index contributed by atoms with van der Waals surface area (Å²) in [6, 6.07) is 10.8. The van der Waals surface area contributed by atoms with E-state index in [4.69, 9.17) is 0 Å². The van der Waals surface area contributed by atoms with Crippen molar-refractivity contribution in [3.63, 3.8) is 0 Å². The number of hydrogen-bond acceptors (Lipinski definition) is 1. The summed E-state index contributed by atoms with van der Waals surface area (Å²) in [6.07, 6.45) is 5.77. The molecule has 0 aromatic heterocycles. The Hall–Kier alpha value is -1.12. The quantitative estimate of drug-likeness (QED) is 0.491. The summed E-state index contributed by atoms with van der Waals surface area (Å²) in [6.45, 7) is 13.4. The molecule has 0 aliphatic carbocycles. The van der Waals surface area contributed by atoms with Crippen molar-refractivity contribution in [2.24, 2.45) is 0 Å². The zero-order valence-electron chi connectivity index (χ0n) is 12.5. The molecule has 0 spiro atoms. The number of quaternary nitrogens is 1. The van der Waals surface area contributed by atoms with Crippen molar-refractivity contribution in [1.82, 2.24) is 0 Å². The van der Waals surface area contributed by atoms with Crippen molar-refractivity contribution in [2.45, 2.75) is 33.1 Å². The van der Waals surface area contributed by atoms with Gasteiger partial charge in [-0.05, 0) is 24.5 Å². The Morgan fingerprint density at radius 3 is 2.05 bits per heavy atom. The molecule has 0 radical (unpaired) electrons. The number of benzene rings is 1. The van der Waals surface area contributed by atoms with Crippen LogP contribution in [0, 0.1) is 0 Å². The van der Waals surface area contributed by atoms with Crippen LogP contribution < -0.4 is 0 Å². The summed E-state index contributed by atoms with van der Waals surface area (Å²) < 4.78 is 1.20. The molecule has 0 fully saturated rings. The number of hydrogen-bond donors (Lipinski definition) is 0. The van der Waals surface area contributed by atoms with Gasteiger partial charge in [0.15, 0.2) is 0 Å². The molecule has 2 heteroatoms. The third-order valence-electron chi connectivity index (χ3n) is 3.63. The van der Waals surface area contributed by atoms with Crippen LogP contribution >= 0.6 is 0 Å². The average molecular weight is 263 g/mol. The van der Waals surface area contributed by atoms with Crippen LogP contribution in [0.1, 0.15) is 32.3 Å². The summed E-state index contributed by atoms with van der Waals surface area (Å²) >= 11 is 0. The van der Waals surface area contributed by atoms with Crippen LogP contribution in [0.15, 0.2) is 43.0 Å². The van der Waals surface area contributed by atoms with Gasteiger partial charge < -0.3 is 9.96 Å². The second-order valence-corrected chi connectivity index (χ2v) is 5.22. The molecule has 1 aromatic rings. The van der Waals surface area contributed by atoms with Gasteiger partial charge in [0.25, 0.3) is 0 Å². The third-order valence-corrected chi connectivity index (χ3v) is 3.63. The number of rotatable bonds is 9. The maximum absolute atomic E-state index is 3.95. The van der Waals surface area contributed by atoms with Crippen LogP contribution in [-0.4, -0.2) is 36.1 Å². The van der Waals surface area contributed by atoms with Gasteiger partial charge in [-0.1, -0.05) is 50.8 Å². The van der Waals surface area contributed by atoms with Crippen LogP contribution in [0.3, 0.4) is 0 Å². The molecular weight excluding hydrogens is 234 g/mol. The summed E-state index contributed by atoms with van der Waals surface area (Å²) in [4.78, 5) is 0. The lowest BCUT2D eigenvalue weighted by Crippen LogP contribution is -2.50. The lowest BCUT2D eigenvalue weighted by molar-refractivity contribution is -0.922. The van der Waals surface area contributed by atoms with Crippen LogP contribution in [-0.2, 0) is 6.42 Å². The minimum Gasteiger partial charge on any atom is -0.870 e. The molecule has 1 N–H and O–H groups in total. The van der Waals surface area contributed by atoms with Crippen LogP contribution in [0.2, 0.25) is 0 Å². The Balaban J connectivity index is 0.00000324. The van der Waals surface area contributed by atoms with Gasteiger partial charge in [0, 0.05) is 6.42 Å². The maximum atomic E-state index is 3.95. The van der Waals surface area contributed by atoms with E-state index in [9.17, 15) is 0 Å². The molecular formula is C17H29NO. The van der Waals surface area contributed by atoms with Crippen molar-refractivity contribution >= 4 is 0 Å². The molecule has 0 aliphatic heterocycles. The highest BCUT2D eigenvalue weighted by molar-refractivity contribution is 5.14. The van der Waals surface area contributed by atoms with Crippen molar-refractivity contribution < 1.29 is 9.96 Å². The van der Waals surface area contributed by atoms with Crippen molar-refractivity contribution in [3.8, 4) is 0 Å². The first-order valence-corrected chi connectivity index (χ1v) is 7.26. The Morgan fingerprint density at radius 2 is 1.58 bits per heavy atom. The highest BCUT2D eigenvalue weighted by Crippen LogP contribution is 2.13. The van der Waals surface area contributed by atoms with Gasteiger partial charge in [-0.2, -0.15) is 0 Å². The van der Waals surface area contributed by atoms with E-state index >= 15 is 0 Å². The second kappa shape index (κ2) is 9.76. The van der Waals surface area contributed by atoms with Crippen molar-refractivity contribution in [2.75, 3.05) is 26.2 Å². The largest absolute Gasteiger partial charge is 0.870 e. The molecule has 0 heterocycles. The highest BCUT2D eigenvalue weighted by atomic mass is 16.0. The van der Waals surface area contributed by atoms with Gasteiger partial charge in [-0.3, -0.25) is 0 Å². The summed E-state index contributed by atoms with van der Waals surface area (Å²) in [5, 5.41) is 0. The molecule has 0 saturated carbocycles. The number of nitrogens with zero attached hydrogens (tertiary/aromatic N) is 1. The molecule has 1 rings (SSSR count). The zero-order valence-corrected chi connectivity index (χ0v) is 12.5. The predicted octanol–water partition coefficient (Wildman–Crippen LogP) is 3.88. The van der Waals surface area contributed by atoms with Gasteiger partial charge in [-0.25, -0.2) is 0 Å². The summed E-state index contributed by atoms with van der Waals surface area (Å²) in [5.41, 5.74) is 1.45. The minimum atomic E-state index is 0. The van der Waals surface area contributed by atoms with Crippen molar-refractivity contribution in [1.29, 1.82) is 0 Å². The zero-order chi connectivity index (χ0) is 13.3. The summed E-state index contributed by atoms with van der Waals surface area (Å²) in [7, 11) is 0. The average Bonchev–Trinajstić information content (AvgIpc) is 2.39. The molecule has 0 saturated heterocycles. The predicted molar refractivity (Wildman–Crippen MR) is 82.6 cm³/mol. The van der Waals surface area contributed by atoms with Gasteiger partial charge in [0.1, 0.15) is 0 Å². The van der Waals surface area contributed by atoms with Gasteiger partial charge in [0.05, 0.1) is 26.2 Å². The van der Waals surface area contributed by atoms with E-state index in [1.807, 2.05) is 0 Å². The molecule has 0 amide bonds. The van der Waals surface area contributed by atoms with Crippen LogP contribution in [0.4, 0.5) is 0 Å². The third kappa shape index (κ3) is 6.04. The minimum absolute atomic E-state index is 0. The van der Waals surface area contributed by atoms with Gasteiger partial charge in [0.2, 0.25) is 0 Å². The van der Waals surface area contributed by atoms with E-state index in [0.717, 1.165) is 6.54 Å². The summed E-state index contributed by atoms with van der Waals surface area (Å²) in [5.74, 6) is 0. The van der Waals surface area contributed by atoms with Gasteiger partial charge in [-0.15, -0.1) is 0 Å². The first kappa shape index (κ1) is 17.9. The fourth-order valence-electron chi connectivity index (χ4n) is 2.84. The van der Waals surface area contributed by atoms with E-state index in [1.165, 1.54) is 48.9 Å². The molecule has 0 atom stereocenters. The van der Waals surface area contributed by atoms with Gasteiger partial charge >= 0.3 is 0 Å². The van der Waals surface area contributed by atoms with Crippen LogP contribution in [0.25, 0.3) is 0 Å². The lowest BCUT2D eigenvalue weighted by atomic mass is 10.1. The molecule has 0 bridgehead atoms. The molecule has 108 valence electrons. The van der Waals surface area contributed by atoms with E-state index in [1.54, 1.807) is 0 Å². The Morgan fingerprint density at radius 1 is 1.00 bits per heavy atom. The van der Waals surface area contributed by atoms with E-state index in [2.05, 4.69) is 56.8 Å². The fourth-order valence-corrected chi connectivity index (χ4v) is 2.84. The van der Waals surface area contributed by atoms with E-state index < -0.39 is 0 Å². The normalized spacial score (nSPS) is 10.8. The monoisotopic (exact) mass is 263 g/mol. The Labute approximate surface area is 118 Å². The SMILES string of the molecule is C=CC[N+](CCC)(CCC)CCc1ccccc1.[OH-]. The maximum Gasteiger partial charge on any atom is 0.0971 e. The molecule has 1 aromatic carbocycles. The highest BCUT2D eigenvalue weighted by Gasteiger charge is 2.23. The first-order chi connectivity index (χ1) is 8.76. The Kier molecular flexibility index (Phi) is 9.19. The molecule has 2 nitrogen and oxygen atoms in total. The second-order valence-electron chi connectivity index (χ2n) is 5.22. The van der Waals surface area contributed by atoms with Crippen LogP contribution in [0.5, 0.6) is 0 Å². The smallest absolute Gasteiger partial charge is 0.0971 e. The van der Waals surface area contributed by atoms with E-state index in [-0.39, 0.29) is 5.48 Å². The van der Waals surface area contributed by atoms with E-state index in [0.29, 0.717) is 0 Å².